The van der Waals surface area contributed by atoms with E-state index in [2.05, 4.69) is 41.5 Å². The van der Waals surface area contributed by atoms with Crippen molar-refractivity contribution < 1.29 is 0 Å². The van der Waals surface area contributed by atoms with Crippen molar-refractivity contribution in [3.05, 3.63) is 35.9 Å². The fourth-order valence-corrected chi connectivity index (χ4v) is 4.44. The van der Waals surface area contributed by atoms with E-state index in [1.807, 2.05) is 24.4 Å². The zero-order valence-electron chi connectivity index (χ0n) is 12.3. The molecule has 1 N–H and O–H groups in total. The van der Waals surface area contributed by atoms with Gasteiger partial charge in [0, 0.05) is 0 Å². The van der Waals surface area contributed by atoms with Crippen LogP contribution in [-0.4, -0.2) is 11.2 Å². The number of fused-ring (bicyclic) bond motifs is 2. The van der Waals surface area contributed by atoms with Gasteiger partial charge < -0.3 is 0 Å². The molecule has 0 saturated heterocycles. The molecule has 0 radical (unpaired) electrons. The SMILES string of the molecule is CC1(C)[C@H]2CC=C(/C=N\Nc3nc4ccccc4s3)[C@@H]1C2. The van der Waals surface area contributed by atoms with Crippen molar-refractivity contribution in [3.8, 4) is 0 Å². The Balaban J connectivity index is 1.48. The molecule has 5 rings (SSSR count). The van der Waals surface area contributed by atoms with Gasteiger partial charge in [0.15, 0.2) is 0 Å². The number of hydrogen-bond donors (Lipinski definition) is 1. The maximum Gasteiger partial charge on any atom is 0.204 e. The minimum atomic E-state index is 0.450. The van der Waals surface area contributed by atoms with E-state index in [-0.39, 0.29) is 0 Å². The fraction of sp³-hybridized carbons (Fsp3) is 0.412. The number of nitrogens with one attached hydrogen (secondary N) is 1. The number of hydrazone groups is 1. The van der Waals surface area contributed by atoms with Gasteiger partial charge in [0.05, 0.1) is 16.4 Å². The predicted molar refractivity (Wildman–Crippen MR) is 89.8 cm³/mol. The average Bonchev–Trinajstić information content (AvgIpc) is 2.90. The lowest BCUT2D eigenvalue weighted by molar-refractivity contribution is -0.00124. The molecule has 4 heteroatoms. The number of aromatic nitrogens is 1. The number of nitrogens with zero attached hydrogens (tertiary/aromatic N) is 2. The standard InChI is InChI=1S/C17H19N3S/c1-17(2)12-8-7-11(13(17)9-12)10-18-20-16-19-14-5-3-4-6-15(14)21-16/h3-7,10,12-13H,8-9H2,1-2H3,(H,19,20)/b18-10-/t12-,13-/m0/s1. The highest BCUT2D eigenvalue weighted by atomic mass is 32.1. The van der Waals surface area contributed by atoms with Crippen LogP contribution in [0.3, 0.4) is 0 Å². The zero-order chi connectivity index (χ0) is 14.4. The molecular formula is C17H19N3S. The minimum Gasteiger partial charge on any atom is -0.253 e. The molecular weight excluding hydrogens is 278 g/mol. The Morgan fingerprint density at radius 2 is 2.24 bits per heavy atom. The highest BCUT2D eigenvalue weighted by Crippen LogP contribution is 2.58. The van der Waals surface area contributed by atoms with Crippen LogP contribution >= 0.6 is 11.3 Å². The van der Waals surface area contributed by atoms with Gasteiger partial charge in [-0.25, -0.2) is 4.98 Å². The summed E-state index contributed by atoms with van der Waals surface area (Å²) in [6.07, 6.45) is 6.87. The van der Waals surface area contributed by atoms with E-state index in [1.54, 1.807) is 11.3 Å². The van der Waals surface area contributed by atoms with Crippen molar-refractivity contribution in [2.45, 2.75) is 26.7 Å². The fourth-order valence-electron chi connectivity index (χ4n) is 3.63. The first-order valence-corrected chi connectivity index (χ1v) is 8.31. The molecule has 3 nitrogen and oxygen atoms in total. The Hall–Kier alpha value is -1.68. The Kier molecular flexibility index (Phi) is 2.89. The number of benzene rings is 1. The second kappa shape index (κ2) is 4.67. The normalized spacial score (nSPS) is 26.7. The van der Waals surface area contributed by atoms with Gasteiger partial charge in [-0.05, 0) is 47.8 Å². The van der Waals surface area contributed by atoms with Crippen LogP contribution in [0.4, 0.5) is 5.13 Å². The van der Waals surface area contributed by atoms with Crippen LogP contribution in [0.5, 0.6) is 0 Å². The molecule has 0 unspecified atom stereocenters. The van der Waals surface area contributed by atoms with Crippen LogP contribution in [0.2, 0.25) is 0 Å². The summed E-state index contributed by atoms with van der Waals surface area (Å²) in [6.45, 7) is 4.77. The monoisotopic (exact) mass is 297 g/mol. The van der Waals surface area contributed by atoms with Gasteiger partial charge in [-0.15, -0.1) is 0 Å². The summed E-state index contributed by atoms with van der Waals surface area (Å²) in [5, 5.41) is 5.26. The molecule has 1 fully saturated rings. The zero-order valence-corrected chi connectivity index (χ0v) is 13.2. The quantitative estimate of drug-likeness (QED) is 0.659. The molecule has 0 amide bonds. The van der Waals surface area contributed by atoms with Gasteiger partial charge >= 0.3 is 0 Å². The Bertz CT molecular complexity index is 708. The van der Waals surface area contributed by atoms with Crippen molar-refractivity contribution in [2.75, 3.05) is 5.43 Å². The van der Waals surface area contributed by atoms with E-state index in [9.17, 15) is 0 Å². The first-order chi connectivity index (χ1) is 10.1. The third kappa shape index (κ3) is 2.09. The third-order valence-corrected chi connectivity index (χ3v) is 6.12. The van der Waals surface area contributed by atoms with Gasteiger partial charge in [0.2, 0.25) is 5.13 Å². The molecule has 1 heterocycles. The first kappa shape index (κ1) is 13.0. The van der Waals surface area contributed by atoms with Crippen molar-refractivity contribution in [1.82, 2.24) is 4.98 Å². The van der Waals surface area contributed by atoms with Crippen LogP contribution in [0.15, 0.2) is 41.0 Å². The molecule has 1 aromatic carbocycles. The number of para-hydroxylation sites is 1. The van der Waals surface area contributed by atoms with Gasteiger partial charge in [-0.3, -0.25) is 5.43 Å². The molecule has 108 valence electrons. The minimum absolute atomic E-state index is 0.450. The molecule has 2 aromatic rings. The van der Waals surface area contributed by atoms with Crippen molar-refractivity contribution in [3.63, 3.8) is 0 Å². The maximum atomic E-state index is 4.53. The molecule has 3 aliphatic carbocycles. The average molecular weight is 297 g/mol. The summed E-state index contributed by atoms with van der Waals surface area (Å²) < 4.78 is 1.19. The molecule has 2 atom stereocenters. The van der Waals surface area contributed by atoms with Gasteiger partial charge in [-0.2, -0.15) is 5.10 Å². The second-order valence-electron chi connectivity index (χ2n) is 6.60. The second-order valence-corrected chi connectivity index (χ2v) is 7.63. The number of anilines is 1. The highest BCUT2D eigenvalue weighted by Gasteiger charge is 2.50. The number of thiazole rings is 1. The smallest absolute Gasteiger partial charge is 0.204 e. The van der Waals surface area contributed by atoms with E-state index >= 15 is 0 Å². The van der Waals surface area contributed by atoms with Gasteiger partial charge in [0.1, 0.15) is 0 Å². The summed E-state index contributed by atoms with van der Waals surface area (Å²) in [6, 6.07) is 8.16. The maximum absolute atomic E-state index is 4.53. The summed E-state index contributed by atoms with van der Waals surface area (Å²) in [7, 11) is 0. The first-order valence-electron chi connectivity index (χ1n) is 7.49. The van der Waals surface area contributed by atoms with E-state index in [4.69, 9.17) is 0 Å². The summed E-state index contributed by atoms with van der Waals surface area (Å²) in [5.41, 5.74) is 5.95. The number of allylic oxidation sites excluding steroid dienone is 2. The molecule has 1 saturated carbocycles. The molecule has 1 aromatic heterocycles. The van der Waals surface area contributed by atoms with Crippen LogP contribution in [-0.2, 0) is 0 Å². The van der Waals surface area contributed by atoms with E-state index in [0.29, 0.717) is 11.3 Å². The molecule has 0 spiro atoms. The van der Waals surface area contributed by atoms with Crippen LogP contribution < -0.4 is 5.43 Å². The van der Waals surface area contributed by atoms with Gasteiger partial charge in [-0.1, -0.05) is 43.4 Å². The van der Waals surface area contributed by atoms with E-state index in [1.165, 1.54) is 23.1 Å². The molecule has 21 heavy (non-hydrogen) atoms. The van der Waals surface area contributed by atoms with Crippen LogP contribution in [0.25, 0.3) is 10.2 Å². The highest BCUT2D eigenvalue weighted by molar-refractivity contribution is 7.22. The Morgan fingerprint density at radius 1 is 1.38 bits per heavy atom. The van der Waals surface area contributed by atoms with E-state index < -0.39 is 0 Å². The Morgan fingerprint density at radius 3 is 3.00 bits per heavy atom. The van der Waals surface area contributed by atoms with Crippen LogP contribution in [0, 0.1) is 17.3 Å². The molecule has 2 bridgehead atoms. The van der Waals surface area contributed by atoms with Crippen molar-refractivity contribution in [1.29, 1.82) is 0 Å². The van der Waals surface area contributed by atoms with Crippen LogP contribution in [0.1, 0.15) is 26.7 Å². The number of rotatable bonds is 3. The summed E-state index contributed by atoms with van der Waals surface area (Å²) in [5.74, 6) is 1.55. The summed E-state index contributed by atoms with van der Waals surface area (Å²) in [4.78, 5) is 4.53. The van der Waals surface area contributed by atoms with Crippen molar-refractivity contribution in [2.24, 2.45) is 22.4 Å². The Labute approximate surface area is 128 Å². The molecule has 0 aliphatic heterocycles. The third-order valence-electron chi connectivity index (χ3n) is 5.18. The lowest BCUT2D eigenvalue weighted by Gasteiger charge is -2.55. The number of hydrogen-bond acceptors (Lipinski definition) is 4. The lowest BCUT2D eigenvalue weighted by Crippen LogP contribution is -2.48. The van der Waals surface area contributed by atoms with Gasteiger partial charge in [0.25, 0.3) is 0 Å². The molecule has 3 aliphatic rings. The topological polar surface area (TPSA) is 37.3 Å². The van der Waals surface area contributed by atoms with Crippen molar-refractivity contribution >= 4 is 32.9 Å². The largest absolute Gasteiger partial charge is 0.253 e. The predicted octanol–water partition coefficient (Wildman–Crippen LogP) is 4.69. The summed E-state index contributed by atoms with van der Waals surface area (Å²) >= 11 is 1.64. The van der Waals surface area contributed by atoms with E-state index in [0.717, 1.165) is 16.6 Å². The lowest BCUT2D eigenvalue weighted by atomic mass is 9.49.